The number of hydrogen-bond donors (Lipinski definition) is 1. The lowest BCUT2D eigenvalue weighted by Gasteiger charge is -2.30. The summed E-state index contributed by atoms with van der Waals surface area (Å²) in [4.78, 5) is 28.5. The summed E-state index contributed by atoms with van der Waals surface area (Å²) in [6, 6.07) is 4.31. The highest BCUT2D eigenvalue weighted by Gasteiger charge is 2.32. The highest BCUT2D eigenvalue weighted by Crippen LogP contribution is 2.38. The van der Waals surface area contributed by atoms with Crippen molar-refractivity contribution < 1.29 is 27.5 Å². The van der Waals surface area contributed by atoms with Gasteiger partial charge in [0.15, 0.2) is 0 Å². The molecule has 1 aromatic carbocycles. The molecule has 1 amide bonds. The van der Waals surface area contributed by atoms with Crippen LogP contribution in [0.4, 0.5) is 18.2 Å². The number of anilines is 1. The number of rotatable bonds is 5. The van der Waals surface area contributed by atoms with Gasteiger partial charge in [-0.2, -0.15) is 13.2 Å². The van der Waals surface area contributed by atoms with Crippen LogP contribution in [0.2, 0.25) is 0 Å². The number of halogens is 3. The number of fused-ring (bicyclic) bond motifs is 1. The summed E-state index contributed by atoms with van der Waals surface area (Å²) in [7, 11) is 0. The monoisotopic (exact) mass is 440 g/mol. The Hall–Kier alpha value is -2.39. The van der Waals surface area contributed by atoms with Gasteiger partial charge < -0.3 is 10.1 Å². The fourth-order valence-electron chi connectivity index (χ4n) is 3.36. The molecule has 30 heavy (non-hydrogen) atoms. The molecule has 5 nitrogen and oxygen atoms in total. The molecule has 9 heteroatoms. The van der Waals surface area contributed by atoms with Crippen molar-refractivity contribution in [1.29, 1.82) is 0 Å². The first-order valence-electron chi connectivity index (χ1n) is 9.66. The molecule has 1 aliphatic rings. The molecule has 1 N–H and O–H groups in total. The number of carbonyl (C=O) groups excluding carboxylic acids is 2. The molecule has 0 fully saturated rings. The van der Waals surface area contributed by atoms with Gasteiger partial charge in [0.2, 0.25) is 0 Å². The SMILES string of the molecule is CCOC(=O)c1c(NC(=O)c2ccc(C(F)(F)F)cc2)sc2c1CCN(C(C)C)C2. The Labute approximate surface area is 176 Å². The summed E-state index contributed by atoms with van der Waals surface area (Å²) in [5.74, 6) is -1.08. The Kier molecular flexibility index (Phi) is 6.52. The lowest BCUT2D eigenvalue weighted by atomic mass is 10.0. The first-order valence-corrected chi connectivity index (χ1v) is 10.5. The predicted octanol–water partition coefficient (Wildman–Crippen LogP) is 4.96. The molecular formula is C21H23F3N2O3S. The average Bonchev–Trinajstić information content (AvgIpc) is 3.04. The zero-order valence-electron chi connectivity index (χ0n) is 16.9. The van der Waals surface area contributed by atoms with E-state index in [9.17, 15) is 22.8 Å². The fourth-order valence-corrected chi connectivity index (χ4v) is 4.61. The fraction of sp³-hybridized carbons (Fsp3) is 0.429. The van der Waals surface area contributed by atoms with Gasteiger partial charge in [-0.05, 0) is 57.0 Å². The first-order chi connectivity index (χ1) is 14.1. The summed E-state index contributed by atoms with van der Waals surface area (Å²) in [6.45, 7) is 7.56. The van der Waals surface area contributed by atoms with Gasteiger partial charge in [0.25, 0.3) is 5.91 Å². The zero-order chi connectivity index (χ0) is 22.1. The van der Waals surface area contributed by atoms with E-state index in [0.717, 1.165) is 41.3 Å². The number of carbonyl (C=O) groups is 2. The summed E-state index contributed by atoms with van der Waals surface area (Å²) < 4.78 is 43.4. The number of benzene rings is 1. The minimum atomic E-state index is -4.47. The normalized spacial score (nSPS) is 14.5. The maximum absolute atomic E-state index is 12.7. The van der Waals surface area contributed by atoms with Gasteiger partial charge in [-0.1, -0.05) is 0 Å². The third kappa shape index (κ3) is 4.67. The molecule has 162 valence electrons. The molecule has 0 unspecified atom stereocenters. The largest absolute Gasteiger partial charge is 0.462 e. The molecule has 0 bridgehead atoms. The van der Waals surface area contributed by atoms with E-state index in [2.05, 4.69) is 24.1 Å². The van der Waals surface area contributed by atoms with Gasteiger partial charge in [-0.15, -0.1) is 11.3 Å². The molecule has 3 rings (SSSR count). The van der Waals surface area contributed by atoms with Gasteiger partial charge in [-0.25, -0.2) is 4.79 Å². The van der Waals surface area contributed by atoms with Crippen LogP contribution in [0.5, 0.6) is 0 Å². The van der Waals surface area contributed by atoms with Crippen LogP contribution < -0.4 is 5.32 Å². The second kappa shape index (κ2) is 8.77. The molecule has 0 atom stereocenters. The van der Waals surface area contributed by atoms with E-state index in [1.54, 1.807) is 6.92 Å². The number of esters is 1. The lowest BCUT2D eigenvalue weighted by Crippen LogP contribution is -2.35. The van der Waals surface area contributed by atoms with Crippen LogP contribution in [0.3, 0.4) is 0 Å². The second-order valence-corrected chi connectivity index (χ2v) is 8.38. The van der Waals surface area contributed by atoms with E-state index >= 15 is 0 Å². The topological polar surface area (TPSA) is 58.6 Å². The van der Waals surface area contributed by atoms with Crippen LogP contribution in [0.15, 0.2) is 24.3 Å². The first kappa shape index (κ1) is 22.3. The summed E-state index contributed by atoms with van der Waals surface area (Å²) in [5, 5.41) is 3.07. The maximum atomic E-state index is 12.7. The molecule has 0 spiro atoms. The quantitative estimate of drug-likeness (QED) is 0.668. The van der Waals surface area contributed by atoms with Gasteiger partial charge in [-0.3, -0.25) is 9.69 Å². The standard InChI is InChI=1S/C21H23F3N2O3S/c1-4-29-20(28)17-15-9-10-26(12(2)3)11-16(15)30-19(17)25-18(27)13-5-7-14(8-6-13)21(22,23)24/h5-8,12H,4,9-11H2,1-3H3,(H,25,27). The van der Waals surface area contributed by atoms with Gasteiger partial charge in [0.1, 0.15) is 5.00 Å². The van der Waals surface area contributed by atoms with Crippen molar-refractivity contribution in [1.82, 2.24) is 4.90 Å². The number of nitrogens with one attached hydrogen (secondary N) is 1. The minimum absolute atomic E-state index is 0.0768. The summed E-state index contributed by atoms with van der Waals surface area (Å²) >= 11 is 1.31. The van der Waals surface area contributed by atoms with Crippen molar-refractivity contribution in [2.45, 2.75) is 46.0 Å². The van der Waals surface area contributed by atoms with Crippen molar-refractivity contribution in [2.75, 3.05) is 18.5 Å². The third-order valence-corrected chi connectivity index (χ3v) is 6.13. The Morgan fingerprint density at radius 1 is 1.23 bits per heavy atom. The predicted molar refractivity (Wildman–Crippen MR) is 109 cm³/mol. The van der Waals surface area contributed by atoms with E-state index < -0.39 is 23.6 Å². The van der Waals surface area contributed by atoms with Crippen LogP contribution in [0, 0.1) is 0 Å². The molecule has 0 saturated heterocycles. The Balaban J connectivity index is 1.89. The van der Waals surface area contributed by atoms with Crippen LogP contribution >= 0.6 is 11.3 Å². The molecule has 0 radical (unpaired) electrons. The van der Waals surface area contributed by atoms with E-state index in [1.165, 1.54) is 11.3 Å². The molecule has 2 heterocycles. The minimum Gasteiger partial charge on any atom is -0.462 e. The summed E-state index contributed by atoms with van der Waals surface area (Å²) in [5.41, 5.74) is 0.471. The van der Waals surface area contributed by atoms with Crippen molar-refractivity contribution in [3.8, 4) is 0 Å². The lowest BCUT2D eigenvalue weighted by molar-refractivity contribution is -0.137. The van der Waals surface area contributed by atoms with Gasteiger partial charge in [0, 0.05) is 29.6 Å². The zero-order valence-corrected chi connectivity index (χ0v) is 17.7. The van der Waals surface area contributed by atoms with E-state index in [-0.39, 0.29) is 12.2 Å². The van der Waals surface area contributed by atoms with E-state index in [0.29, 0.717) is 29.6 Å². The Morgan fingerprint density at radius 3 is 2.47 bits per heavy atom. The number of ether oxygens (including phenoxy) is 1. The van der Waals surface area contributed by atoms with Crippen LogP contribution in [-0.4, -0.2) is 36.0 Å². The van der Waals surface area contributed by atoms with Crippen molar-refractivity contribution in [3.05, 3.63) is 51.4 Å². The van der Waals surface area contributed by atoms with E-state index in [4.69, 9.17) is 4.74 Å². The molecule has 2 aromatic rings. The van der Waals surface area contributed by atoms with Crippen molar-refractivity contribution in [2.24, 2.45) is 0 Å². The van der Waals surface area contributed by atoms with Gasteiger partial charge >= 0.3 is 12.1 Å². The molecular weight excluding hydrogens is 417 g/mol. The highest BCUT2D eigenvalue weighted by atomic mass is 32.1. The number of thiophene rings is 1. The summed E-state index contributed by atoms with van der Waals surface area (Å²) in [6.07, 6.45) is -3.81. The second-order valence-electron chi connectivity index (χ2n) is 7.27. The van der Waals surface area contributed by atoms with Crippen LogP contribution in [-0.2, 0) is 23.9 Å². The molecule has 1 aromatic heterocycles. The Morgan fingerprint density at radius 2 is 1.90 bits per heavy atom. The van der Waals surface area contributed by atoms with Gasteiger partial charge in [0.05, 0.1) is 17.7 Å². The van der Waals surface area contributed by atoms with Crippen LogP contribution in [0.25, 0.3) is 0 Å². The smallest absolute Gasteiger partial charge is 0.416 e. The van der Waals surface area contributed by atoms with Crippen molar-refractivity contribution >= 4 is 28.2 Å². The number of hydrogen-bond acceptors (Lipinski definition) is 5. The number of alkyl halides is 3. The van der Waals surface area contributed by atoms with Crippen molar-refractivity contribution in [3.63, 3.8) is 0 Å². The average molecular weight is 440 g/mol. The third-order valence-electron chi connectivity index (χ3n) is 5.00. The number of amides is 1. The van der Waals surface area contributed by atoms with Crippen LogP contribution in [0.1, 0.15) is 57.5 Å². The molecule has 0 saturated carbocycles. The number of nitrogens with zero attached hydrogens (tertiary/aromatic N) is 1. The maximum Gasteiger partial charge on any atom is 0.416 e. The Bertz CT molecular complexity index is 936. The molecule has 0 aliphatic carbocycles. The highest BCUT2D eigenvalue weighted by molar-refractivity contribution is 7.17. The molecule has 1 aliphatic heterocycles. The van der Waals surface area contributed by atoms with E-state index in [1.807, 2.05) is 0 Å².